The van der Waals surface area contributed by atoms with Gasteiger partial charge in [-0.15, -0.1) is 0 Å². The van der Waals surface area contributed by atoms with Gasteiger partial charge in [-0.2, -0.15) is 0 Å². The third kappa shape index (κ3) is 5.09. The van der Waals surface area contributed by atoms with Crippen LogP contribution in [0.15, 0.2) is 82.6 Å². The Kier molecular flexibility index (Phi) is 6.97. The van der Waals surface area contributed by atoms with Crippen LogP contribution in [0.1, 0.15) is 41.8 Å². The summed E-state index contributed by atoms with van der Waals surface area (Å²) in [5.74, 6) is 0.570. The molecule has 2 aliphatic heterocycles. The Balaban J connectivity index is 1.39. The molecule has 0 radical (unpaired) electrons. The summed E-state index contributed by atoms with van der Waals surface area (Å²) in [6, 6.07) is 21.6. The van der Waals surface area contributed by atoms with E-state index in [1.807, 2.05) is 59.5 Å². The van der Waals surface area contributed by atoms with Crippen molar-refractivity contribution in [2.24, 2.45) is 11.8 Å². The molecule has 5 rings (SSSR count). The van der Waals surface area contributed by atoms with E-state index in [1.54, 1.807) is 23.1 Å². The van der Waals surface area contributed by atoms with E-state index >= 15 is 0 Å². The highest BCUT2D eigenvalue weighted by Crippen LogP contribution is 2.42. The number of hydrogen-bond donors (Lipinski definition) is 0. The second-order valence-corrected chi connectivity index (χ2v) is 10.9. The van der Waals surface area contributed by atoms with Crippen LogP contribution >= 0.6 is 11.8 Å². The van der Waals surface area contributed by atoms with Crippen LogP contribution in [0.3, 0.4) is 0 Å². The molecule has 3 aromatic rings. The van der Waals surface area contributed by atoms with Crippen molar-refractivity contribution < 1.29 is 14.0 Å². The first kappa shape index (κ1) is 24.3. The number of hydrogen-bond acceptors (Lipinski definition) is 3. The van der Waals surface area contributed by atoms with Crippen LogP contribution in [0, 0.1) is 17.7 Å². The van der Waals surface area contributed by atoms with Crippen LogP contribution < -0.4 is 4.90 Å². The highest BCUT2D eigenvalue weighted by molar-refractivity contribution is 8.04. The Morgan fingerprint density at radius 3 is 2.36 bits per heavy atom. The fraction of sp³-hybridized carbons (Fsp3) is 0.267. The number of carbonyl (C=O) groups is 2. The molecule has 184 valence electrons. The molecule has 1 fully saturated rings. The molecule has 0 N–H and O–H groups in total. The molecule has 1 saturated heterocycles. The number of thioether (sulfide) groups is 1. The summed E-state index contributed by atoms with van der Waals surface area (Å²) in [5.41, 5.74) is 2.75. The number of amides is 2. The number of para-hydroxylation sites is 1. The van der Waals surface area contributed by atoms with Gasteiger partial charge in [0.25, 0.3) is 11.8 Å². The van der Waals surface area contributed by atoms with Crippen LogP contribution in [-0.4, -0.2) is 29.8 Å². The predicted molar refractivity (Wildman–Crippen MR) is 143 cm³/mol. The largest absolute Gasteiger partial charge is 0.338 e. The predicted octanol–water partition coefficient (Wildman–Crippen LogP) is 6.62. The van der Waals surface area contributed by atoms with Crippen LogP contribution in [0.25, 0.3) is 6.08 Å². The lowest BCUT2D eigenvalue weighted by atomic mass is 9.91. The highest BCUT2D eigenvalue weighted by Gasteiger charge is 2.30. The van der Waals surface area contributed by atoms with Gasteiger partial charge in [0.1, 0.15) is 5.82 Å². The van der Waals surface area contributed by atoms with Gasteiger partial charge >= 0.3 is 0 Å². The number of benzene rings is 3. The van der Waals surface area contributed by atoms with E-state index in [2.05, 4.69) is 13.8 Å². The van der Waals surface area contributed by atoms with E-state index in [0.717, 1.165) is 35.7 Å². The SMILES string of the molecule is C[C@@H]1C[C@@H](C)CN(C(=O)c2ccc(/C=C3\Sc4ccccc4N(Cc4ccccc4F)C3=O)cc2)C1. The molecule has 3 aromatic carbocycles. The maximum atomic E-state index is 14.4. The Hall–Kier alpha value is -3.38. The Morgan fingerprint density at radius 1 is 0.972 bits per heavy atom. The van der Waals surface area contributed by atoms with E-state index in [-0.39, 0.29) is 24.2 Å². The zero-order chi connectivity index (χ0) is 25.2. The smallest absolute Gasteiger partial charge is 0.265 e. The summed E-state index contributed by atoms with van der Waals surface area (Å²) in [6.07, 6.45) is 3.00. The van der Waals surface area contributed by atoms with Gasteiger partial charge in [0.2, 0.25) is 0 Å². The minimum Gasteiger partial charge on any atom is -0.338 e. The number of likely N-dealkylation sites (tertiary alicyclic amines) is 1. The molecular formula is C30H29FN2O2S. The van der Waals surface area contributed by atoms with Gasteiger partial charge in [-0.3, -0.25) is 9.59 Å². The van der Waals surface area contributed by atoms with E-state index in [9.17, 15) is 14.0 Å². The number of carbonyl (C=O) groups excluding carboxylic acids is 2. The number of nitrogens with zero attached hydrogens (tertiary/aromatic N) is 2. The summed E-state index contributed by atoms with van der Waals surface area (Å²) < 4.78 is 14.4. The van der Waals surface area contributed by atoms with Gasteiger partial charge in [0.05, 0.1) is 17.1 Å². The lowest BCUT2D eigenvalue weighted by Gasteiger charge is -2.35. The summed E-state index contributed by atoms with van der Waals surface area (Å²) in [6.45, 7) is 6.12. The summed E-state index contributed by atoms with van der Waals surface area (Å²) >= 11 is 1.41. The average molecular weight is 501 g/mol. The third-order valence-corrected chi connectivity index (χ3v) is 7.81. The third-order valence-electron chi connectivity index (χ3n) is 6.73. The Bertz CT molecular complexity index is 1310. The number of anilines is 1. The maximum Gasteiger partial charge on any atom is 0.265 e. The van der Waals surface area contributed by atoms with Gasteiger partial charge in [-0.25, -0.2) is 4.39 Å². The van der Waals surface area contributed by atoms with Crippen molar-refractivity contribution in [2.45, 2.75) is 31.7 Å². The van der Waals surface area contributed by atoms with E-state index < -0.39 is 0 Å². The first-order valence-corrected chi connectivity index (χ1v) is 13.1. The number of fused-ring (bicyclic) bond motifs is 1. The van der Waals surface area contributed by atoms with Crippen molar-refractivity contribution >= 4 is 35.3 Å². The molecule has 0 aliphatic carbocycles. The summed E-state index contributed by atoms with van der Waals surface area (Å²) in [4.78, 5) is 31.6. The molecule has 0 bridgehead atoms. The topological polar surface area (TPSA) is 40.6 Å². The van der Waals surface area contributed by atoms with E-state index in [0.29, 0.717) is 27.9 Å². The van der Waals surface area contributed by atoms with Crippen LogP contribution in [0.2, 0.25) is 0 Å². The molecule has 4 nitrogen and oxygen atoms in total. The first-order valence-electron chi connectivity index (χ1n) is 12.3. The number of halogens is 1. The fourth-order valence-electron chi connectivity index (χ4n) is 5.10. The lowest BCUT2D eigenvalue weighted by Crippen LogP contribution is -2.42. The zero-order valence-corrected chi connectivity index (χ0v) is 21.3. The summed E-state index contributed by atoms with van der Waals surface area (Å²) in [7, 11) is 0. The second-order valence-electron chi connectivity index (χ2n) is 9.84. The van der Waals surface area contributed by atoms with Crippen LogP contribution in [0.4, 0.5) is 10.1 Å². The summed E-state index contributed by atoms with van der Waals surface area (Å²) in [5, 5.41) is 0. The van der Waals surface area contributed by atoms with E-state index in [1.165, 1.54) is 17.8 Å². The van der Waals surface area contributed by atoms with Crippen molar-refractivity contribution in [3.8, 4) is 0 Å². The van der Waals surface area contributed by atoms with Crippen molar-refractivity contribution in [2.75, 3.05) is 18.0 Å². The first-order chi connectivity index (χ1) is 17.4. The minimum atomic E-state index is -0.329. The molecule has 0 spiro atoms. The van der Waals surface area contributed by atoms with Crippen molar-refractivity contribution in [3.63, 3.8) is 0 Å². The van der Waals surface area contributed by atoms with Crippen molar-refractivity contribution in [1.82, 2.24) is 4.90 Å². The van der Waals surface area contributed by atoms with Crippen molar-refractivity contribution in [3.05, 3.63) is 100 Å². The Morgan fingerprint density at radius 2 is 1.64 bits per heavy atom. The van der Waals surface area contributed by atoms with E-state index in [4.69, 9.17) is 0 Å². The molecule has 36 heavy (non-hydrogen) atoms. The van der Waals surface area contributed by atoms with Crippen LogP contribution in [0.5, 0.6) is 0 Å². The van der Waals surface area contributed by atoms with Crippen LogP contribution in [-0.2, 0) is 11.3 Å². The quantitative estimate of drug-likeness (QED) is 0.378. The Labute approximate surface area is 215 Å². The monoisotopic (exact) mass is 500 g/mol. The van der Waals surface area contributed by atoms with Gasteiger partial charge in [0.15, 0.2) is 0 Å². The molecule has 2 amide bonds. The second kappa shape index (κ2) is 10.3. The van der Waals surface area contributed by atoms with Crippen molar-refractivity contribution in [1.29, 1.82) is 0 Å². The van der Waals surface area contributed by atoms with Gasteiger partial charge in [-0.05, 0) is 60.2 Å². The molecule has 0 aromatic heterocycles. The fourth-order valence-corrected chi connectivity index (χ4v) is 6.16. The number of piperidine rings is 1. The average Bonchev–Trinajstić information content (AvgIpc) is 2.87. The highest BCUT2D eigenvalue weighted by atomic mass is 32.2. The van der Waals surface area contributed by atoms with Gasteiger partial charge < -0.3 is 9.80 Å². The standard InChI is InChI=1S/C30H29FN2O2S/c1-20-15-21(2)18-32(17-20)29(34)23-13-11-22(12-14-23)16-28-30(35)33(19-24-7-3-4-8-25(24)31)26-9-5-6-10-27(26)36-28/h3-14,16,20-21H,15,17-19H2,1-2H3/b28-16-/t20-,21-/m1/s1. The molecule has 2 heterocycles. The normalized spacial score (nSPS) is 21.0. The molecular weight excluding hydrogens is 471 g/mol. The zero-order valence-electron chi connectivity index (χ0n) is 20.5. The van der Waals surface area contributed by atoms with Gasteiger partial charge in [0, 0.05) is 29.1 Å². The number of rotatable bonds is 4. The maximum absolute atomic E-state index is 14.4. The lowest BCUT2D eigenvalue weighted by molar-refractivity contribution is -0.114. The molecule has 6 heteroatoms. The minimum absolute atomic E-state index is 0.0562. The molecule has 0 saturated carbocycles. The molecule has 2 aliphatic rings. The van der Waals surface area contributed by atoms with Gasteiger partial charge in [-0.1, -0.05) is 68.1 Å². The molecule has 2 atom stereocenters. The molecule has 0 unspecified atom stereocenters.